The van der Waals surface area contributed by atoms with E-state index in [1.807, 2.05) is 0 Å². The van der Waals surface area contributed by atoms with Crippen molar-refractivity contribution < 1.29 is 26.0 Å². The van der Waals surface area contributed by atoms with Crippen LogP contribution >= 0.6 is 11.8 Å². The van der Waals surface area contributed by atoms with Crippen molar-refractivity contribution in [1.82, 2.24) is 34.3 Å². The molecule has 0 fully saturated rings. The minimum atomic E-state index is -4.72. The van der Waals surface area contributed by atoms with E-state index >= 15 is 0 Å². The van der Waals surface area contributed by atoms with E-state index in [9.17, 15) is 21.6 Å². The highest BCUT2D eigenvalue weighted by atomic mass is 32.2. The molecule has 3 heterocycles. The lowest BCUT2D eigenvalue weighted by Crippen LogP contribution is -2.30. The molecule has 10 nitrogen and oxygen atoms in total. The van der Waals surface area contributed by atoms with Gasteiger partial charge in [0.05, 0.1) is 4.90 Å². The van der Waals surface area contributed by atoms with Crippen molar-refractivity contribution in [2.45, 2.75) is 35.2 Å². The quantitative estimate of drug-likeness (QED) is 0.377. The molecule has 0 saturated carbocycles. The number of aromatic nitrogens is 6. The Hall–Kier alpha value is -3.04. The zero-order valence-electron chi connectivity index (χ0n) is 17.2. The largest absolute Gasteiger partial charge is 0.453 e. The first-order valence-electron chi connectivity index (χ1n) is 9.55. The van der Waals surface area contributed by atoms with Crippen LogP contribution in [-0.2, 0) is 16.2 Å². The van der Waals surface area contributed by atoms with Crippen LogP contribution in [0.25, 0.3) is 17.1 Å². The standard InChI is InChI=1S/C18H16F3N7O3S2/c1-3-27(4-2)33(29,30)12-7-5-6-11(10-12)15-23-25-17(31-15)32-14-9-8-13-22-24-16(18(19,20)21)28(13)26-14/h5-10H,3-4H2,1-2H3. The summed E-state index contributed by atoms with van der Waals surface area (Å²) < 4.78 is 72.2. The summed E-state index contributed by atoms with van der Waals surface area (Å²) in [5.74, 6) is -1.20. The number of alkyl halides is 3. The van der Waals surface area contributed by atoms with Crippen molar-refractivity contribution >= 4 is 27.4 Å². The molecular weight excluding hydrogens is 483 g/mol. The van der Waals surface area contributed by atoms with E-state index in [0.29, 0.717) is 23.2 Å². The fourth-order valence-electron chi connectivity index (χ4n) is 2.96. The molecule has 0 aliphatic carbocycles. The summed E-state index contributed by atoms with van der Waals surface area (Å²) in [5, 5.41) is 18.4. The Kier molecular flexibility index (Phi) is 6.11. The number of nitrogens with zero attached hydrogens (tertiary/aromatic N) is 7. The number of hydrogen-bond acceptors (Lipinski definition) is 9. The van der Waals surface area contributed by atoms with Crippen LogP contribution in [0.5, 0.6) is 0 Å². The van der Waals surface area contributed by atoms with E-state index in [0.717, 1.165) is 11.8 Å². The van der Waals surface area contributed by atoms with Gasteiger partial charge in [-0.25, -0.2) is 8.42 Å². The molecule has 174 valence electrons. The molecule has 0 bridgehead atoms. The molecule has 0 aliphatic heterocycles. The minimum Gasteiger partial charge on any atom is -0.411 e. The maximum absolute atomic E-state index is 13.1. The number of fused-ring (bicyclic) bond motifs is 1. The second-order valence-electron chi connectivity index (χ2n) is 6.56. The first-order valence-corrected chi connectivity index (χ1v) is 11.8. The molecule has 0 atom stereocenters. The van der Waals surface area contributed by atoms with Crippen molar-refractivity contribution in [2.75, 3.05) is 13.1 Å². The lowest BCUT2D eigenvalue weighted by atomic mass is 10.2. The van der Waals surface area contributed by atoms with Crippen LogP contribution in [0.3, 0.4) is 0 Å². The topological polar surface area (TPSA) is 119 Å². The average molecular weight is 500 g/mol. The third-order valence-corrected chi connectivity index (χ3v) is 7.33. The molecule has 0 unspecified atom stereocenters. The Morgan fingerprint density at radius 1 is 1.06 bits per heavy atom. The van der Waals surface area contributed by atoms with Crippen molar-refractivity contribution in [3.63, 3.8) is 0 Å². The zero-order chi connectivity index (χ0) is 23.8. The first kappa shape index (κ1) is 23.1. The Morgan fingerprint density at radius 2 is 1.82 bits per heavy atom. The van der Waals surface area contributed by atoms with Gasteiger partial charge in [-0.15, -0.1) is 20.4 Å². The minimum absolute atomic E-state index is 0.00971. The Bertz CT molecular complexity index is 1400. The van der Waals surface area contributed by atoms with Crippen molar-refractivity contribution in [2.24, 2.45) is 0 Å². The second kappa shape index (κ2) is 8.72. The molecule has 33 heavy (non-hydrogen) atoms. The first-order chi connectivity index (χ1) is 15.6. The molecule has 0 saturated heterocycles. The lowest BCUT2D eigenvalue weighted by molar-refractivity contribution is -0.146. The summed E-state index contributed by atoms with van der Waals surface area (Å²) in [6.07, 6.45) is -4.72. The maximum Gasteiger partial charge on any atom is 0.453 e. The Morgan fingerprint density at radius 3 is 2.52 bits per heavy atom. The highest BCUT2D eigenvalue weighted by Crippen LogP contribution is 2.31. The fourth-order valence-corrected chi connectivity index (χ4v) is 5.11. The predicted molar refractivity (Wildman–Crippen MR) is 110 cm³/mol. The van der Waals surface area contributed by atoms with Gasteiger partial charge in [0.1, 0.15) is 5.03 Å². The van der Waals surface area contributed by atoms with Crippen LogP contribution < -0.4 is 0 Å². The molecule has 4 rings (SSSR count). The molecule has 4 aromatic rings. The highest BCUT2D eigenvalue weighted by Gasteiger charge is 2.37. The molecular formula is C18H16F3N7O3S2. The molecule has 0 N–H and O–H groups in total. The number of halogens is 3. The Balaban J connectivity index is 1.61. The Labute approximate surface area is 189 Å². The van der Waals surface area contributed by atoms with Gasteiger partial charge in [-0.1, -0.05) is 19.9 Å². The SMILES string of the molecule is CCN(CC)S(=O)(=O)c1cccc(-c2nnc(Sc3ccc4nnc(C(F)(F)F)n4n3)o2)c1. The van der Waals surface area contributed by atoms with Crippen LogP contribution in [0.15, 0.2) is 56.0 Å². The van der Waals surface area contributed by atoms with Crippen molar-refractivity contribution in [1.29, 1.82) is 0 Å². The monoisotopic (exact) mass is 499 g/mol. The van der Waals surface area contributed by atoms with Gasteiger partial charge >= 0.3 is 6.18 Å². The van der Waals surface area contributed by atoms with Crippen LogP contribution in [0.1, 0.15) is 19.7 Å². The van der Waals surface area contributed by atoms with Crippen LogP contribution in [0.2, 0.25) is 0 Å². The molecule has 0 aliphatic rings. The summed E-state index contributed by atoms with van der Waals surface area (Å²) in [6.45, 7) is 4.14. The fraction of sp³-hybridized carbons (Fsp3) is 0.278. The van der Waals surface area contributed by atoms with E-state index in [1.54, 1.807) is 26.0 Å². The number of rotatable bonds is 7. The van der Waals surface area contributed by atoms with E-state index in [2.05, 4.69) is 25.5 Å². The normalized spacial score (nSPS) is 12.7. The van der Waals surface area contributed by atoms with E-state index in [1.165, 1.54) is 28.6 Å². The molecule has 0 radical (unpaired) electrons. The number of hydrogen-bond donors (Lipinski definition) is 0. The predicted octanol–water partition coefficient (Wildman–Crippen LogP) is 3.37. The molecule has 1 aromatic carbocycles. The summed E-state index contributed by atoms with van der Waals surface area (Å²) in [4.78, 5) is 0.0792. The molecule has 15 heteroatoms. The molecule has 0 spiro atoms. The van der Waals surface area contributed by atoms with E-state index in [4.69, 9.17) is 4.42 Å². The van der Waals surface area contributed by atoms with Crippen molar-refractivity contribution in [3.05, 3.63) is 42.2 Å². The van der Waals surface area contributed by atoms with Gasteiger partial charge < -0.3 is 4.42 Å². The molecule has 0 amide bonds. The van der Waals surface area contributed by atoms with Crippen LogP contribution in [0, 0.1) is 0 Å². The maximum atomic E-state index is 13.1. The second-order valence-corrected chi connectivity index (χ2v) is 9.46. The van der Waals surface area contributed by atoms with Gasteiger partial charge in [-0.05, 0) is 42.1 Å². The molecule has 3 aromatic heterocycles. The van der Waals surface area contributed by atoms with Gasteiger partial charge in [0.2, 0.25) is 15.9 Å². The van der Waals surface area contributed by atoms with Gasteiger partial charge in [-0.2, -0.15) is 27.1 Å². The van der Waals surface area contributed by atoms with Gasteiger partial charge in [0.25, 0.3) is 11.0 Å². The smallest absolute Gasteiger partial charge is 0.411 e. The van der Waals surface area contributed by atoms with E-state index < -0.39 is 22.0 Å². The summed E-state index contributed by atoms with van der Waals surface area (Å²) in [6, 6.07) is 8.84. The zero-order valence-corrected chi connectivity index (χ0v) is 18.8. The van der Waals surface area contributed by atoms with Crippen LogP contribution in [-0.4, -0.2) is 55.8 Å². The number of benzene rings is 1. The lowest BCUT2D eigenvalue weighted by Gasteiger charge is -2.18. The van der Waals surface area contributed by atoms with Gasteiger partial charge in [0.15, 0.2) is 5.65 Å². The third-order valence-electron chi connectivity index (χ3n) is 4.51. The van der Waals surface area contributed by atoms with Gasteiger partial charge in [-0.3, -0.25) is 0 Å². The summed E-state index contributed by atoms with van der Waals surface area (Å²) >= 11 is 0.841. The third kappa shape index (κ3) is 4.56. The summed E-state index contributed by atoms with van der Waals surface area (Å²) in [5.41, 5.74) is 0.313. The summed E-state index contributed by atoms with van der Waals surface area (Å²) in [7, 11) is -3.68. The highest BCUT2D eigenvalue weighted by molar-refractivity contribution is 7.99. The van der Waals surface area contributed by atoms with E-state index in [-0.39, 0.29) is 26.7 Å². The van der Waals surface area contributed by atoms with Gasteiger partial charge in [0, 0.05) is 18.7 Å². The number of sulfonamides is 1. The van der Waals surface area contributed by atoms with Crippen LogP contribution in [0.4, 0.5) is 13.2 Å². The van der Waals surface area contributed by atoms with Crippen molar-refractivity contribution in [3.8, 4) is 11.5 Å². The average Bonchev–Trinajstić information content (AvgIpc) is 3.41.